The summed E-state index contributed by atoms with van der Waals surface area (Å²) in [6, 6.07) is 6.25. The minimum absolute atomic E-state index is 0.277. The van der Waals surface area contributed by atoms with Crippen LogP contribution in [0.3, 0.4) is 0 Å². The van der Waals surface area contributed by atoms with E-state index in [4.69, 9.17) is 5.73 Å². The van der Waals surface area contributed by atoms with E-state index in [0.29, 0.717) is 0 Å². The summed E-state index contributed by atoms with van der Waals surface area (Å²) in [7, 11) is 0. The molecule has 1 aromatic rings. The summed E-state index contributed by atoms with van der Waals surface area (Å²) in [4.78, 5) is 4.21. The van der Waals surface area contributed by atoms with Crippen LogP contribution in [0, 0.1) is 0 Å². The smallest absolute Gasteiger partial charge is 0.0502 e. The van der Waals surface area contributed by atoms with Crippen molar-refractivity contribution in [3.05, 3.63) is 30.1 Å². The number of aromatic nitrogens is 1. The molecule has 1 aromatic heterocycles. The standard InChI is InChI=1S/C9H14N2S/c1-8(10)6-12-7-9-4-2-3-5-11-9/h2-5,8H,6-7,10H2,1H3. The second-order valence-corrected chi connectivity index (χ2v) is 3.84. The highest BCUT2D eigenvalue weighted by molar-refractivity contribution is 7.98. The van der Waals surface area contributed by atoms with Gasteiger partial charge in [0.2, 0.25) is 0 Å². The Hall–Kier alpha value is -0.540. The molecule has 0 radical (unpaired) electrons. The lowest BCUT2D eigenvalue weighted by atomic mass is 10.4. The molecule has 1 atom stereocenters. The van der Waals surface area contributed by atoms with Gasteiger partial charge in [0.1, 0.15) is 0 Å². The van der Waals surface area contributed by atoms with Crippen molar-refractivity contribution in [2.45, 2.75) is 18.7 Å². The summed E-state index contributed by atoms with van der Waals surface area (Å²) in [6.45, 7) is 2.02. The van der Waals surface area contributed by atoms with Crippen LogP contribution in [0.1, 0.15) is 12.6 Å². The van der Waals surface area contributed by atoms with Crippen LogP contribution in [0.15, 0.2) is 24.4 Å². The molecule has 0 aromatic carbocycles. The van der Waals surface area contributed by atoms with Gasteiger partial charge in [-0.05, 0) is 19.1 Å². The molecule has 1 unspecified atom stereocenters. The molecule has 0 aliphatic rings. The van der Waals surface area contributed by atoms with Gasteiger partial charge in [0.25, 0.3) is 0 Å². The lowest BCUT2D eigenvalue weighted by Gasteiger charge is -2.03. The van der Waals surface area contributed by atoms with E-state index in [-0.39, 0.29) is 6.04 Å². The van der Waals surface area contributed by atoms with Gasteiger partial charge in [-0.3, -0.25) is 4.98 Å². The molecule has 2 N–H and O–H groups in total. The zero-order valence-corrected chi connectivity index (χ0v) is 8.05. The van der Waals surface area contributed by atoms with Crippen LogP contribution in [0.25, 0.3) is 0 Å². The Bertz CT molecular complexity index is 211. The monoisotopic (exact) mass is 182 g/mol. The topological polar surface area (TPSA) is 38.9 Å². The first kappa shape index (κ1) is 9.55. The summed E-state index contributed by atoms with van der Waals surface area (Å²) in [5, 5.41) is 0. The quantitative estimate of drug-likeness (QED) is 0.769. The van der Waals surface area contributed by atoms with Gasteiger partial charge in [-0.15, -0.1) is 0 Å². The van der Waals surface area contributed by atoms with Crippen molar-refractivity contribution in [3.63, 3.8) is 0 Å². The van der Waals surface area contributed by atoms with Crippen molar-refractivity contribution in [3.8, 4) is 0 Å². The fourth-order valence-electron chi connectivity index (χ4n) is 0.833. The second kappa shape index (κ2) is 5.17. The summed E-state index contributed by atoms with van der Waals surface area (Å²) >= 11 is 1.83. The maximum atomic E-state index is 5.62. The van der Waals surface area contributed by atoms with Gasteiger partial charge in [-0.25, -0.2) is 0 Å². The van der Waals surface area contributed by atoms with E-state index < -0.39 is 0 Å². The van der Waals surface area contributed by atoms with Crippen molar-refractivity contribution < 1.29 is 0 Å². The zero-order valence-electron chi connectivity index (χ0n) is 7.23. The number of thioether (sulfide) groups is 1. The lowest BCUT2D eigenvalue weighted by Crippen LogP contribution is -2.17. The predicted octanol–water partition coefficient (Wildman–Crippen LogP) is 1.66. The number of hydrogen-bond donors (Lipinski definition) is 1. The van der Waals surface area contributed by atoms with Crippen LogP contribution in [0.2, 0.25) is 0 Å². The fraction of sp³-hybridized carbons (Fsp3) is 0.444. The van der Waals surface area contributed by atoms with Crippen molar-refractivity contribution in [1.29, 1.82) is 0 Å². The lowest BCUT2D eigenvalue weighted by molar-refractivity contribution is 0.847. The third kappa shape index (κ3) is 3.74. The minimum Gasteiger partial charge on any atom is -0.327 e. The Balaban J connectivity index is 2.25. The largest absolute Gasteiger partial charge is 0.327 e. The first-order valence-electron chi connectivity index (χ1n) is 4.02. The predicted molar refractivity (Wildman–Crippen MR) is 54.0 cm³/mol. The average Bonchev–Trinajstić information content (AvgIpc) is 2.05. The van der Waals surface area contributed by atoms with Gasteiger partial charge >= 0.3 is 0 Å². The maximum absolute atomic E-state index is 5.62. The third-order valence-corrected chi connectivity index (χ3v) is 2.62. The average molecular weight is 182 g/mol. The van der Waals surface area contributed by atoms with Gasteiger partial charge in [0, 0.05) is 23.7 Å². The van der Waals surface area contributed by atoms with Gasteiger partial charge in [0.15, 0.2) is 0 Å². The van der Waals surface area contributed by atoms with E-state index in [0.717, 1.165) is 17.2 Å². The highest BCUT2D eigenvalue weighted by Crippen LogP contribution is 2.09. The Kier molecular flexibility index (Phi) is 4.11. The highest BCUT2D eigenvalue weighted by Gasteiger charge is 1.96. The molecular weight excluding hydrogens is 168 g/mol. The Labute approximate surface area is 77.6 Å². The molecule has 66 valence electrons. The van der Waals surface area contributed by atoms with Crippen LogP contribution < -0.4 is 5.73 Å². The third-order valence-electron chi connectivity index (χ3n) is 1.36. The normalized spacial score (nSPS) is 12.8. The van der Waals surface area contributed by atoms with Crippen LogP contribution in [-0.4, -0.2) is 16.8 Å². The molecule has 0 saturated heterocycles. The van der Waals surface area contributed by atoms with E-state index in [9.17, 15) is 0 Å². The van der Waals surface area contributed by atoms with Crippen molar-refractivity contribution >= 4 is 11.8 Å². The number of rotatable bonds is 4. The molecule has 12 heavy (non-hydrogen) atoms. The molecule has 1 heterocycles. The van der Waals surface area contributed by atoms with Crippen LogP contribution in [0.5, 0.6) is 0 Å². The van der Waals surface area contributed by atoms with E-state index in [1.54, 1.807) is 0 Å². The first-order chi connectivity index (χ1) is 5.79. The maximum Gasteiger partial charge on any atom is 0.0502 e. The molecule has 0 saturated carbocycles. The van der Waals surface area contributed by atoms with Crippen molar-refractivity contribution in [2.75, 3.05) is 5.75 Å². The Morgan fingerprint density at radius 3 is 3.00 bits per heavy atom. The summed E-state index contributed by atoms with van der Waals surface area (Å²) in [5.74, 6) is 1.96. The van der Waals surface area contributed by atoms with Gasteiger partial charge in [-0.2, -0.15) is 11.8 Å². The SMILES string of the molecule is CC(N)CSCc1ccccn1. The van der Waals surface area contributed by atoms with E-state index in [1.807, 2.05) is 43.1 Å². The molecule has 0 amide bonds. The minimum atomic E-state index is 0.277. The molecule has 0 aliphatic heterocycles. The molecule has 1 rings (SSSR count). The van der Waals surface area contributed by atoms with E-state index >= 15 is 0 Å². The van der Waals surface area contributed by atoms with Gasteiger partial charge in [-0.1, -0.05) is 6.07 Å². The fourth-order valence-corrected chi connectivity index (χ4v) is 1.70. The Morgan fingerprint density at radius 1 is 1.58 bits per heavy atom. The number of pyridine rings is 1. The summed E-state index contributed by atoms with van der Waals surface area (Å²) < 4.78 is 0. The summed E-state index contributed by atoms with van der Waals surface area (Å²) in [5.41, 5.74) is 6.74. The summed E-state index contributed by atoms with van der Waals surface area (Å²) in [6.07, 6.45) is 1.82. The molecule has 0 bridgehead atoms. The van der Waals surface area contributed by atoms with Crippen LogP contribution in [0.4, 0.5) is 0 Å². The molecule has 3 heteroatoms. The second-order valence-electron chi connectivity index (χ2n) is 2.81. The molecule has 0 fully saturated rings. The van der Waals surface area contributed by atoms with Gasteiger partial charge in [0.05, 0.1) is 5.69 Å². The Morgan fingerprint density at radius 2 is 2.42 bits per heavy atom. The number of nitrogens with zero attached hydrogens (tertiary/aromatic N) is 1. The van der Waals surface area contributed by atoms with Gasteiger partial charge < -0.3 is 5.73 Å². The van der Waals surface area contributed by atoms with Crippen LogP contribution >= 0.6 is 11.8 Å². The number of hydrogen-bond acceptors (Lipinski definition) is 3. The van der Waals surface area contributed by atoms with E-state index in [2.05, 4.69) is 4.98 Å². The van der Waals surface area contributed by atoms with Crippen LogP contribution in [-0.2, 0) is 5.75 Å². The highest BCUT2D eigenvalue weighted by atomic mass is 32.2. The molecule has 0 aliphatic carbocycles. The molecular formula is C9H14N2S. The van der Waals surface area contributed by atoms with E-state index in [1.165, 1.54) is 0 Å². The van der Waals surface area contributed by atoms with Crippen molar-refractivity contribution in [2.24, 2.45) is 5.73 Å². The molecule has 0 spiro atoms. The zero-order chi connectivity index (χ0) is 8.81. The van der Waals surface area contributed by atoms with Crippen molar-refractivity contribution in [1.82, 2.24) is 4.98 Å². The number of nitrogens with two attached hydrogens (primary N) is 1. The first-order valence-corrected chi connectivity index (χ1v) is 5.18. The molecule has 2 nitrogen and oxygen atoms in total.